The van der Waals surface area contributed by atoms with Gasteiger partial charge in [-0.2, -0.15) is 0 Å². The highest BCUT2D eigenvalue weighted by Gasteiger charge is 2.13. The molecule has 3 N–H and O–H groups in total. The van der Waals surface area contributed by atoms with Gasteiger partial charge >= 0.3 is 0 Å². The van der Waals surface area contributed by atoms with E-state index in [-0.39, 0.29) is 11.7 Å². The quantitative estimate of drug-likeness (QED) is 0.896. The molecule has 1 aromatic heterocycles. The fourth-order valence-corrected chi connectivity index (χ4v) is 1.79. The molecular weight excluding hydrogens is 255 g/mol. The normalized spacial score (nSPS) is 10.9. The zero-order valence-electron chi connectivity index (χ0n) is 12.2. The Morgan fingerprint density at radius 3 is 2.55 bits per heavy atom. The van der Waals surface area contributed by atoms with Gasteiger partial charge in [0.25, 0.3) is 0 Å². The van der Waals surface area contributed by atoms with Crippen molar-refractivity contribution in [2.45, 2.75) is 33.6 Å². The Kier molecular flexibility index (Phi) is 3.88. The largest absolute Gasteiger partial charge is 0.383 e. The van der Waals surface area contributed by atoms with Gasteiger partial charge in [0, 0.05) is 11.5 Å². The number of halogens is 1. The summed E-state index contributed by atoms with van der Waals surface area (Å²) in [5.74, 6) is 1.44. The standard InChI is InChI=1S/C15H19FN4/c1-8(2)14-19-13(17)10(4)15(20-14)18-12-7-9(3)5-6-11(12)16/h5-8H,1-4H3,(H3,17,18,19,20). The molecule has 0 atom stereocenters. The summed E-state index contributed by atoms with van der Waals surface area (Å²) >= 11 is 0. The number of hydrogen-bond donors (Lipinski definition) is 2. The topological polar surface area (TPSA) is 63.8 Å². The second-order valence-electron chi connectivity index (χ2n) is 5.20. The number of hydrogen-bond acceptors (Lipinski definition) is 4. The summed E-state index contributed by atoms with van der Waals surface area (Å²) < 4.78 is 13.8. The van der Waals surface area contributed by atoms with E-state index in [1.807, 2.05) is 27.7 Å². The highest BCUT2D eigenvalue weighted by atomic mass is 19.1. The fourth-order valence-electron chi connectivity index (χ4n) is 1.79. The van der Waals surface area contributed by atoms with Crippen molar-refractivity contribution >= 4 is 17.3 Å². The first-order valence-electron chi connectivity index (χ1n) is 6.55. The summed E-state index contributed by atoms with van der Waals surface area (Å²) in [7, 11) is 0. The molecule has 0 saturated carbocycles. The van der Waals surface area contributed by atoms with Crippen LogP contribution in [0, 0.1) is 19.7 Å². The molecule has 20 heavy (non-hydrogen) atoms. The number of nitrogens with zero attached hydrogens (tertiary/aromatic N) is 2. The predicted molar refractivity (Wildman–Crippen MR) is 79.7 cm³/mol. The van der Waals surface area contributed by atoms with Gasteiger partial charge in [0.1, 0.15) is 23.3 Å². The van der Waals surface area contributed by atoms with Crippen LogP contribution in [0.5, 0.6) is 0 Å². The molecule has 0 aliphatic carbocycles. The average Bonchev–Trinajstić information content (AvgIpc) is 2.38. The molecule has 0 bridgehead atoms. The lowest BCUT2D eigenvalue weighted by Gasteiger charge is -2.14. The second kappa shape index (κ2) is 5.45. The summed E-state index contributed by atoms with van der Waals surface area (Å²) in [5, 5.41) is 3.01. The maximum atomic E-state index is 13.8. The van der Waals surface area contributed by atoms with E-state index in [2.05, 4.69) is 15.3 Å². The first kappa shape index (κ1) is 14.2. The van der Waals surface area contributed by atoms with Crippen LogP contribution in [0.2, 0.25) is 0 Å². The lowest BCUT2D eigenvalue weighted by atomic mass is 10.2. The molecule has 0 aliphatic heterocycles. The molecule has 1 aromatic carbocycles. The number of aromatic nitrogens is 2. The third kappa shape index (κ3) is 2.87. The van der Waals surface area contributed by atoms with Gasteiger partial charge < -0.3 is 11.1 Å². The van der Waals surface area contributed by atoms with Crippen molar-refractivity contribution < 1.29 is 4.39 Å². The number of aryl methyl sites for hydroxylation is 1. The monoisotopic (exact) mass is 274 g/mol. The molecule has 0 aliphatic rings. The Morgan fingerprint density at radius 2 is 1.90 bits per heavy atom. The minimum atomic E-state index is -0.321. The molecule has 2 rings (SSSR count). The van der Waals surface area contributed by atoms with Gasteiger partial charge in [0.2, 0.25) is 0 Å². The molecule has 0 fully saturated rings. The minimum absolute atomic E-state index is 0.154. The maximum absolute atomic E-state index is 13.8. The van der Waals surface area contributed by atoms with Crippen LogP contribution < -0.4 is 11.1 Å². The molecule has 0 radical (unpaired) electrons. The summed E-state index contributed by atoms with van der Waals surface area (Å²) in [6.07, 6.45) is 0. The molecule has 0 spiro atoms. The molecule has 0 amide bonds. The minimum Gasteiger partial charge on any atom is -0.383 e. The Hall–Kier alpha value is -2.17. The Morgan fingerprint density at radius 1 is 1.20 bits per heavy atom. The van der Waals surface area contributed by atoms with Gasteiger partial charge in [-0.15, -0.1) is 0 Å². The molecule has 106 valence electrons. The van der Waals surface area contributed by atoms with Crippen LogP contribution in [0.4, 0.5) is 21.7 Å². The number of nitrogen functional groups attached to an aromatic ring is 1. The van der Waals surface area contributed by atoms with Crippen LogP contribution in [0.1, 0.15) is 36.7 Å². The van der Waals surface area contributed by atoms with E-state index in [0.717, 1.165) is 11.1 Å². The Balaban J connectivity index is 2.45. The molecule has 2 aromatic rings. The van der Waals surface area contributed by atoms with Gasteiger partial charge in [-0.05, 0) is 31.5 Å². The van der Waals surface area contributed by atoms with Gasteiger partial charge in [-0.1, -0.05) is 19.9 Å². The first-order chi connectivity index (χ1) is 9.38. The number of benzene rings is 1. The summed E-state index contributed by atoms with van der Waals surface area (Å²) in [6, 6.07) is 4.89. The highest BCUT2D eigenvalue weighted by molar-refractivity contribution is 5.64. The second-order valence-corrected chi connectivity index (χ2v) is 5.20. The number of nitrogens with two attached hydrogens (primary N) is 1. The van der Waals surface area contributed by atoms with Gasteiger partial charge in [0.15, 0.2) is 0 Å². The lowest BCUT2D eigenvalue weighted by Crippen LogP contribution is -2.08. The van der Waals surface area contributed by atoms with Gasteiger partial charge in [-0.25, -0.2) is 14.4 Å². The van der Waals surface area contributed by atoms with Crippen LogP contribution in [0.3, 0.4) is 0 Å². The van der Waals surface area contributed by atoms with Crippen LogP contribution in [0.25, 0.3) is 0 Å². The van der Waals surface area contributed by atoms with E-state index in [1.165, 1.54) is 6.07 Å². The van der Waals surface area contributed by atoms with Crippen molar-refractivity contribution in [3.63, 3.8) is 0 Å². The maximum Gasteiger partial charge on any atom is 0.146 e. The number of anilines is 3. The van der Waals surface area contributed by atoms with E-state index in [9.17, 15) is 4.39 Å². The molecule has 0 unspecified atom stereocenters. The van der Waals surface area contributed by atoms with Crippen LogP contribution in [-0.2, 0) is 0 Å². The number of nitrogens with one attached hydrogen (secondary N) is 1. The van der Waals surface area contributed by atoms with Crippen molar-refractivity contribution in [3.8, 4) is 0 Å². The first-order valence-corrected chi connectivity index (χ1v) is 6.55. The Bertz CT molecular complexity index is 638. The summed E-state index contributed by atoms with van der Waals surface area (Å²) in [4.78, 5) is 8.68. The lowest BCUT2D eigenvalue weighted by molar-refractivity contribution is 0.631. The molecule has 5 heteroatoms. The van der Waals surface area contributed by atoms with E-state index >= 15 is 0 Å². The summed E-state index contributed by atoms with van der Waals surface area (Å²) in [5.41, 5.74) is 7.97. The van der Waals surface area contributed by atoms with E-state index in [1.54, 1.807) is 12.1 Å². The Labute approximate surface area is 118 Å². The fraction of sp³-hybridized carbons (Fsp3) is 0.333. The third-order valence-corrected chi connectivity index (χ3v) is 3.09. The smallest absolute Gasteiger partial charge is 0.146 e. The molecular formula is C15H19FN4. The van der Waals surface area contributed by atoms with Crippen molar-refractivity contribution in [2.75, 3.05) is 11.1 Å². The number of rotatable bonds is 3. The molecule has 0 saturated heterocycles. The van der Waals surface area contributed by atoms with Crippen molar-refractivity contribution in [1.82, 2.24) is 9.97 Å². The average molecular weight is 274 g/mol. The highest BCUT2D eigenvalue weighted by Crippen LogP contribution is 2.26. The van der Waals surface area contributed by atoms with Crippen molar-refractivity contribution in [2.24, 2.45) is 0 Å². The predicted octanol–water partition coefficient (Wildman–Crippen LogP) is 3.68. The zero-order chi connectivity index (χ0) is 14.9. The van der Waals surface area contributed by atoms with Gasteiger partial charge in [-0.3, -0.25) is 0 Å². The third-order valence-electron chi connectivity index (χ3n) is 3.09. The van der Waals surface area contributed by atoms with E-state index in [0.29, 0.717) is 23.1 Å². The van der Waals surface area contributed by atoms with E-state index in [4.69, 9.17) is 5.73 Å². The van der Waals surface area contributed by atoms with Crippen LogP contribution >= 0.6 is 0 Å². The summed E-state index contributed by atoms with van der Waals surface area (Å²) in [6.45, 7) is 7.70. The van der Waals surface area contributed by atoms with Crippen LogP contribution in [0.15, 0.2) is 18.2 Å². The molecule has 1 heterocycles. The van der Waals surface area contributed by atoms with E-state index < -0.39 is 0 Å². The van der Waals surface area contributed by atoms with Crippen LogP contribution in [-0.4, -0.2) is 9.97 Å². The molecule has 4 nitrogen and oxygen atoms in total. The van der Waals surface area contributed by atoms with Gasteiger partial charge in [0.05, 0.1) is 5.69 Å². The zero-order valence-corrected chi connectivity index (χ0v) is 12.2. The SMILES string of the molecule is Cc1ccc(F)c(Nc2nc(C(C)C)nc(N)c2C)c1. The van der Waals surface area contributed by atoms with Crippen molar-refractivity contribution in [1.29, 1.82) is 0 Å². The van der Waals surface area contributed by atoms with Crippen molar-refractivity contribution in [3.05, 3.63) is 41.0 Å².